The number of amides is 1. The van der Waals surface area contributed by atoms with Gasteiger partial charge in [0.15, 0.2) is 22.8 Å². The number of benzene rings is 1. The van der Waals surface area contributed by atoms with Gasteiger partial charge in [-0.25, -0.2) is 14.8 Å². The van der Waals surface area contributed by atoms with Crippen molar-refractivity contribution < 1.29 is 19.1 Å². The summed E-state index contributed by atoms with van der Waals surface area (Å²) in [7, 11) is 1.84. The number of likely N-dealkylation sites (tertiary alicyclic amines) is 1. The van der Waals surface area contributed by atoms with Gasteiger partial charge in [0.2, 0.25) is 11.7 Å². The Balaban J connectivity index is 1.37. The number of ether oxygens (including phenoxy) is 2. The van der Waals surface area contributed by atoms with Crippen molar-refractivity contribution >= 4 is 39.9 Å². The minimum atomic E-state index is -0.560. The highest BCUT2D eigenvalue weighted by molar-refractivity contribution is 5.99. The Morgan fingerprint density at radius 2 is 1.71 bits per heavy atom. The van der Waals surface area contributed by atoms with Crippen molar-refractivity contribution in [1.82, 2.24) is 34.0 Å². The summed E-state index contributed by atoms with van der Waals surface area (Å²) in [5.41, 5.74) is 2.44. The number of fused-ring (bicyclic) bond motifs is 2. The number of morpholine rings is 1. The molecule has 12 nitrogen and oxygen atoms in total. The number of hydrogen-bond donors (Lipinski definition) is 0. The van der Waals surface area contributed by atoms with Crippen LogP contribution >= 0.6 is 0 Å². The number of nitrogens with zero attached hydrogens (tertiary/aromatic N) is 8. The fourth-order valence-electron chi connectivity index (χ4n) is 5.72. The minimum absolute atomic E-state index is 0.0452. The van der Waals surface area contributed by atoms with Crippen LogP contribution in [-0.4, -0.2) is 90.8 Å². The van der Waals surface area contributed by atoms with Crippen LogP contribution < -0.4 is 4.90 Å². The molecule has 0 saturated carbocycles. The number of Topliss-reactive ketones (excluding diaryl/α,β-unsaturated/α-hetero) is 1. The van der Waals surface area contributed by atoms with E-state index < -0.39 is 5.60 Å². The fraction of sp³-hybridized carbons (Fsp3) is 0.533. The summed E-state index contributed by atoms with van der Waals surface area (Å²) in [5.74, 6) is 2.11. The van der Waals surface area contributed by atoms with Gasteiger partial charge >= 0.3 is 6.09 Å². The average Bonchev–Trinajstić information content (AvgIpc) is 3.53. The summed E-state index contributed by atoms with van der Waals surface area (Å²) in [6, 6.07) is 7.96. The summed E-state index contributed by atoms with van der Waals surface area (Å²) >= 11 is 0. The lowest BCUT2D eigenvalue weighted by molar-refractivity contribution is 0.0181. The second kappa shape index (κ2) is 11.0. The molecule has 12 heteroatoms. The third kappa shape index (κ3) is 5.19. The number of carbonyl (C=O) groups is 2. The van der Waals surface area contributed by atoms with E-state index in [4.69, 9.17) is 29.4 Å². The molecule has 1 amide bonds. The van der Waals surface area contributed by atoms with E-state index >= 15 is 0 Å². The number of rotatable bonds is 5. The first kappa shape index (κ1) is 28.1. The van der Waals surface area contributed by atoms with E-state index in [9.17, 15) is 9.59 Å². The van der Waals surface area contributed by atoms with Crippen LogP contribution in [0.5, 0.6) is 0 Å². The molecule has 222 valence electrons. The molecule has 4 aromatic rings. The highest BCUT2D eigenvalue weighted by atomic mass is 16.6. The van der Waals surface area contributed by atoms with Crippen LogP contribution in [0.1, 0.15) is 57.0 Å². The predicted octanol–water partition coefficient (Wildman–Crippen LogP) is 3.93. The molecule has 2 aliphatic heterocycles. The van der Waals surface area contributed by atoms with Crippen LogP contribution in [0.3, 0.4) is 0 Å². The van der Waals surface area contributed by atoms with E-state index in [0.717, 1.165) is 16.9 Å². The molecule has 2 fully saturated rings. The van der Waals surface area contributed by atoms with E-state index in [-0.39, 0.29) is 17.8 Å². The number of aromatic nitrogens is 6. The van der Waals surface area contributed by atoms with Gasteiger partial charge in [0.05, 0.1) is 24.2 Å². The van der Waals surface area contributed by atoms with Crippen molar-refractivity contribution in [3.63, 3.8) is 0 Å². The van der Waals surface area contributed by atoms with E-state index in [1.54, 1.807) is 9.47 Å². The number of anilines is 1. The van der Waals surface area contributed by atoms with E-state index in [1.165, 1.54) is 0 Å². The summed E-state index contributed by atoms with van der Waals surface area (Å²) in [6.45, 7) is 11.1. The summed E-state index contributed by atoms with van der Waals surface area (Å²) < 4.78 is 14.9. The first-order valence-electron chi connectivity index (χ1n) is 14.7. The molecule has 3 aromatic heterocycles. The Hall–Kier alpha value is -4.06. The molecule has 0 radical (unpaired) electrons. The Morgan fingerprint density at radius 3 is 2.40 bits per heavy atom. The molecule has 5 heterocycles. The van der Waals surface area contributed by atoms with E-state index in [2.05, 4.69) is 11.8 Å². The second-order valence-electron chi connectivity index (χ2n) is 11.9. The van der Waals surface area contributed by atoms with Gasteiger partial charge in [0.1, 0.15) is 11.4 Å². The standard InChI is InChI=1S/C30H38N8O4/c1-6-22-31-20-9-7-8-10-21(20)38(22)28-33-25-23(26(34-28)36-15-17-41-18-16-36)32-27(35(25)5)24(39)19-11-13-37(14-12-19)29(40)42-30(2,3)4/h7-10,19H,6,11-18H2,1-5H3. The Kier molecular flexibility index (Phi) is 7.34. The Morgan fingerprint density at radius 1 is 1.00 bits per heavy atom. The van der Waals surface area contributed by atoms with Crippen molar-refractivity contribution in [2.24, 2.45) is 13.0 Å². The molecular weight excluding hydrogens is 536 g/mol. The normalized spacial score (nSPS) is 16.9. The van der Waals surface area contributed by atoms with Crippen molar-refractivity contribution in [3.05, 3.63) is 35.9 Å². The van der Waals surface area contributed by atoms with E-state index in [1.807, 2.05) is 56.7 Å². The largest absolute Gasteiger partial charge is 0.444 e. The SMILES string of the molecule is CCc1nc2ccccc2n1-c1nc(N2CCOCC2)c2nc(C(=O)C3CCN(C(=O)OC(C)(C)C)CC3)n(C)c2n1. The summed E-state index contributed by atoms with van der Waals surface area (Å²) in [4.78, 5) is 50.0. The Bertz CT molecular complexity index is 1640. The van der Waals surface area contributed by atoms with Gasteiger partial charge in [-0.2, -0.15) is 9.97 Å². The molecule has 2 saturated heterocycles. The van der Waals surface area contributed by atoms with Crippen LogP contribution in [0.2, 0.25) is 0 Å². The molecule has 1 aromatic carbocycles. The maximum atomic E-state index is 13.9. The van der Waals surface area contributed by atoms with Crippen LogP contribution in [0.4, 0.5) is 10.6 Å². The van der Waals surface area contributed by atoms with Crippen LogP contribution in [0.15, 0.2) is 24.3 Å². The zero-order valence-electron chi connectivity index (χ0n) is 25.0. The van der Waals surface area contributed by atoms with Gasteiger partial charge in [-0.1, -0.05) is 19.1 Å². The zero-order chi connectivity index (χ0) is 29.6. The first-order chi connectivity index (χ1) is 20.1. The highest BCUT2D eigenvalue weighted by Crippen LogP contribution is 2.30. The molecule has 0 unspecified atom stereocenters. The summed E-state index contributed by atoms with van der Waals surface area (Å²) in [5, 5.41) is 0. The number of carbonyl (C=O) groups excluding carboxylic acids is 2. The topological polar surface area (TPSA) is 121 Å². The number of para-hydroxylation sites is 2. The quantitative estimate of drug-likeness (QED) is 0.327. The third-order valence-electron chi connectivity index (χ3n) is 7.88. The number of piperidine rings is 1. The van der Waals surface area contributed by atoms with Crippen molar-refractivity contribution in [1.29, 1.82) is 0 Å². The smallest absolute Gasteiger partial charge is 0.410 e. The highest BCUT2D eigenvalue weighted by Gasteiger charge is 2.33. The monoisotopic (exact) mass is 574 g/mol. The molecule has 0 atom stereocenters. The van der Waals surface area contributed by atoms with Gasteiger partial charge in [-0.05, 0) is 45.7 Å². The van der Waals surface area contributed by atoms with Crippen molar-refractivity contribution in [2.45, 2.75) is 52.6 Å². The zero-order valence-corrected chi connectivity index (χ0v) is 25.0. The molecule has 2 aliphatic rings. The van der Waals surface area contributed by atoms with Gasteiger partial charge in [-0.3, -0.25) is 9.36 Å². The van der Waals surface area contributed by atoms with E-state index in [0.29, 0.717) is 87.4 Å². The number of ketones is 1. The maximum Gasteiger partial charge on any atom is 0.410 e. The predicted molar refractivity (Wildman–Crippen MR) is 158 cm³/mol. The van der Waals surface area contributed by atoms with Crippen molar-refractivity contribution in [2.75, 3.05) is 44.3 Å². The third-order valence-corrected chi connectivity index (χ3v) is 7.88. The van der Waals surface area contributed by atoms with Gasteiger partial charge < -0.3 is 23.8 Å². The second-order valence-corrected chi connectivity index (χ2v) is 11.9. The molecule has 0 aliphatic carbocycles. The first-order valence-corrected chi connectivity index (χ1v) is 14.7. The Labute approximate surface area is 244 Å². The minimum Gasteiger partial charge on any atom is -0.444 e. The lowest BCUT2D eigenvalue weighted by atomic mass is 9.92. The van der Waals surface area contributed by atoms with Crippen LogP contribution in [0, 0.1) is 5.92 Å². The maximum absolute atomic E-state index is 13.9. The van der Waals surface area contributed by atoms with Gasteiger partial charge in [0, 0.05) is 45.6 Å². The number of hydrogen-bond acceptors (Lipinski definition) is 9. The molecule has 0 spiro atoms. The molecular formula is C30H38N8O4. The molecule has 0 N–H and O–H groups in total. The number of imidazole rings is 2. The van der Waals surface area contributed by atoms with Gasteiger partial charge in [0.25, 0.3) is 0 Å². The fourth-order valence-corrected chi connectivity index (χ4v) is 5.72. The average molecular weight is 575 g/mol. The van der Waals surface area contributed by atoms with Gasteiger partial charge in [-0.15, -0.1) is 0 Å². The number of aryl methyl sites for hydroxylation is 2. The van der Waals surface area contributed by atoms with Crippen LogP contribution in [-0.2, 0) is 22.9 Å². The molecule has 0 bridgehead atoms. The molecule has 42 heavy (non-hydrogen) atoms. The lowest BCUT2D eigenvalue weighted by Crippen LogP contribution is -2.43. The van der Waals surface area contributed by atoms with Crippen LogP contribution in [0.25, 0.3) is 28.1 Å². The summed E-state index contributed by atoms with van der Waals surface area (Å²) in [6.07, 6.45) is 1.47. The molecule has 6 rings (SSSR count). The van der Waals surface area contributed by atoms with Crippen molar-refractivity contribution in [3.8, 4) is 5.95 Å². The lowest BCUT2D eigenvalue weighted by Gasteiger charge is -2.32.